The van der Waals surface area contributed by atoms with Gasteiger partial charge in [-0.25, -0.2) is 4.79 Å². The second-order valence-electron chi connectivity index (χ2n) is 6.20. The van der Waals surface area contributed by atoms with Gasteiger partial charge >= 0.3 is 5.97 Å². The van der Waals surface area contributed by atoms with Crippen LogP contribution in [0.5, 0.6) is 5.75 Å². The van der Waals surface area contributed by atoms with E-state index in [-0.39, 0.29) is 15.4 Å². The second kappa shape index (κ2) is 6.05. The van der Waals surface area contributed by atoms with Crippen molar-refractivity contribution >= 4 is 30.4 Å². The Kier molecular flexibility index (Phi) is 4.64. The molecule has 2 rings (SSSR count). The van der Waals surface area contributed by atoms with Gasteiger partial charge in [-0.05, 0) is 24.6 Å². The van der Waals surface area contributed by atoms with Crippen LogP contribution in [-0.4, -0.2) is 49.6 Å². The standard InChI is InChI=1S/C16H22N2O4S/c1-10-8-11(21-4)9-12(14(19)22-5)13(10)17-15(20)16(6-7-16)18(2,3)23/h8-9H,6-7H2,1-5H3,(H,17,20). The Morgan fingerprint density at radius 1 is 1.26 bits per heavy atom. The molecule has 6 nitrogen and oxygen atoms in total. The molecule has 126 valence electrons. The number of aryl methyl sites for hydroxylation is 1. The van der Waals surface area contributed by atoms with Crippen molar-refractivity contribution < 1.29 is 23.0 Å². The minimum absolute atomic E-state index is 0.140. The summed E-state index contributed by atoms with van der Waals surface area (Å²) in [6, 6.07) is 3.32. The largest absolute Gasteiger partial charge is 0.497 e. The molecule has 1 fully saturated rings. The highest BCUT2D eigenvalue weighted by atomic mass is 32.1. The van der Waals surface area contributed by atoms with E-state index in [1.807, 2.05) is 14.1 Å². The molecule has 1 aromatic rings. The molecule has 0 saturated heterocycles. The van der Waals surface area contributed by atoms with Crippen molar-refractivity contribution in [3.05, 3.63) is 23.3 Å². The Morgan fingerprint density at radius 3 is 2.30 bits per heavy atom. The maximum atomic E-state index is 12.7. The monoisotopic (exact) mass is 338 g/mol. The van der Waals surface area contributed by atoms with Crippen molar-refractivity contribution in [1.29, 1.82) is 0 Å². The van der Waals surface area contributed by atoms with Crippen LogP contribution in [0.15, 0.2) is 12.1 Å². The number of carbonyl (C=O) groups excluding carboxylic acids is 2. The van der Waals surface area contributed by atoms with Crippen molar-refractivity contribution in [3.63, 3.8) is 0 Å². The molecule has 0 aliphatic heterocycles. The van der Waals surface area contributed by atoms with Crippen molar-refractivity contribution in [2.75, 3.05) is 33.6 Å². The lowest BCUT2D eigenvalue weighted by molar-refractivity contribution is -0.780. The molecule has 1 aliphatic rings. The molecule has 0 atom stereocenters. The average Bonchev–Trinajstić information content (AvgIpc) is 3.29. The van der Waals surface area contributed by atoms with Crippen LogP contribution in [0.1, 0.15) is 28.8 Å². The number of carbonyl (C=O) groups is 2. The van der Waals surface area contributed by atoms with Crippen molar-refractivity contribution in [1.82, 2.24) is 0 Å². The zero-order valence-electron chi connectivity index (χ0n) is 14.1. The van der Waals surface area contributed by atoms with Gasteiger partial charge in [0.2, 0.25) is 0 Å². The number of amides is 1. The van der Waals surface area contributed by atoms with E-state index in [4.69, 9.17) is 22.3 Å². The van der Waals surface area contributed by atoms with E-state index >= 15 is 0 Å². The van der Waals surface area contributed by atoms with Crippen LogP contribution in [0.3, 0.4) is 0 Å². The summed E-state index contributed by atoms with van der Waals surface area (Å²) < 4.78 is 10.1. The molecule has 0 heterocycles. The molecule has 0 radical (unpaired) electrons. The molecule has 1 aliphatic carbocycles. The molecule has 0 aromatic heterocycles. The molecule has 7 heteroatoms. The van der Waals surface area contributed by atoms with Crippen LogP contribution in [0.4, 0.5) is 5.69 Å². The summed E-state index contributed by atoms with van der Waals surface area (Å²) in [6.45, 7) is 1.80. The van der Waals surface area contributed by atoms with Gasteiger partial charge in [-0.15, -0.1) is 0 Å². The lowest BCUT2D eigenvalue weighted by Crippen LogP contribution is -2.53. The summed E-state index contributed by atoms with van der Waals surface area (Å²) in [5.74, 6) is -0.170. The third-order valence-electron chi connectivity index (χ3n) is 4.37. The number of hydrogen-bond donors (Lipinski definition) is 1. The van der Waals surface area contributed by atoms with E-state index in [0.29, 0.717) is 11.4 Å². The first kappa shape index (κ1) is 17.6. The third-order valence-corrected chi connectivity index (χ3v) is 4.72. The average molecular weight is 338 g/mol. The molecule has 1 N–H and O–H groups in total. The minimum atomic E-state index is -0.616. The quantitative estimate of drug-likeness (QED) is 0.504. The first-order valence-corrected chi connectivity index (χ1v) is 7.66. The van der Waals surface area contributed by atoms with E-state index in [0.717, 1.165) is 18.4 Å². The molecule has 0 unspecified atom stereocenters. The highest BCUT2D eigenvalue weighted by Crippen LogP contribution is 2.45. The Bertz CT molecular complexity index is 648. The molecule has 23 heavy (non-hydrogen) atoms. The van der Waals surface area contributed by atoms with Gasteiger partial charge in [0.1, 0.15) is 5.75 Å². The van der Waals surface area contributed by atoms with E-state index < -0.39 is 11.5 Å². The van der Waals surface area contributed by atoms with Gasteiger partial charge in [0.05, 0.1) is 39.6 Å². The number of benzene rings is 1. The molecular weight excluding hydrogens is 316 g/mol. The summed E-state index contributed by atoms with van der Waals surface area (Å²) in [5.41, 5.74) is 0.818. The molecule has 1 saturated carbocycles. The fourth-order valence-corrected chi connectivity index (χ4v) is 2.93. The number of nitrogens with zero attached hydrogens (tertiary/aromatic N) is 1. The van der Waals surface area contributed by atoms with Crippen LogP contribution in [0.2, 0.25) is 0 Å². The summed E-state index contributed by atoms with van der Waals surface area (Å²) >= 11 is 5.42. The highest BCUT2D eigenvalue weighted by Gasteiger charge is 2.58. The lowest BCUT2D eigenvalue weighted by atomic mass is 10.1. The number of anilines is 1. The number of nitrogens with one attached hydrogen (secondary N) is 1. The van der Waals surface area contributed by atoms with Crippen LogP contribution in [0, 0.1) is 6.92 Å². The smallest absolute Gasteiger partial charge is 0.340 e. The fourth-order valence-electron chi connectivity index (χ4n) is 2.67. The Labute approximate surface area is 141 Å². The van der Waals surface area contributed by atoms with Gasteiger partial charge in [0.15, 0.2) is 5.54 Å². The van der Waals surface area contributed by atoms with Crippen molar-refractivity contribution in [2.45, 2.75) is 25.3 Å². The predicted octanol–water partition coefficient (Wildman–Crippen LogP) is 1.80. The number of rotatable bonds is 5. The van der Waals surface area contributed by atoms with Crippen LogP contribution in [-0.2, 0) is 22.3 Å². The van der Waals surface area contributed by atoms with Crippen molar-refractivity contribution in [3.8, 4) is 5.75 Å². The van der Waals surface area contributed by atoms with E-state index in [2.05, 4.69) is 5.32 Å². The first-order chi connectivity index (χ1) is 10.7. The molecule has 0 spiro atoms. The van der Waals surface area contributed by atoms with Gasteiger partial charge in [-0.3, -0.25) is 4.79 Å². The summed E-state index contributed by atoms with van der Waals surface area (Å²) in [6.07, 6.45) is 1.47. The maximum Gasteiger partial charge on any atom is 0.340 e. The lowest BCUT2D eigenvalue weighted by Gasteiger charge is -2.43. The number of likely N-dealkylation sites (N-methyl/N-ethyl adjacent to an activating group) is 1. The zero-order chi connectivity index (χ0) is 17.4. The van der Waals surface area contributed by atoms with Crippen LogP contribution < -0.4 is 10.1 Å². The van der Waals surface area contributed by atoms with Gasteiger partial charge in [-0.2, -0.15) is 0 Å². The summed E-state index contributed by atoms with van der Waals surface area (Å²) in [5, 5.41) is 2.88. The number of ether oxygens (including phenoxy) is 2. The summed E-state index contributed by atoms with van der Waals surface area (Å²) in [4.78, 5) is 24.8. The fraction of sp³-hybridized carbons (Fsp3) is 0.500. The Hall–Kier alpha value is -1.73. The second-order valence-corrected chi connectivity index (χ2v) is 7.11. The normalized spacial score (nSPS) is 15.7. The van der Waals surface area contributed by atoms with Gasteiger partial charge < -0.3 is 31.5 Å². The van der Waals surface area contributed by atoms with Gasteiger partial charge in [0, 0.05) is 12.8 Å². The number of methoxy groups -OCH3 is 2. The van der Waals surface area contributed by atoms with Gasteiger partial charge in [0.25, 0.3) is 5.91 Å². The van der Waals surface area contributed by atoms with Gasteiger partial charge in [-0.1, -0.05) is 0 Å². The first-order valence-electron chi connectivity index (χ1n) is 7.30. The van der Waals surface area contributed by atoms with Crippen molar-refractivity contribution in [2.24, 2.45) is 0 Å². The number of hydrogen-bond acceptors (Lipinski definition) is 5. The number of quaternary nitrogens is 1. The Morgan fingerprint density at radius 2 is 1.87 bits per heavy atom. The highest BCUT2D eigenvalue weighted by molar-refractivity contribution is 7.52. The van der Waals surface area contributed by atoms with Crippen LogP contribution >= 0.6 is 0 Å². The molecule has 0 bridgehead atoms. The van der Waals surface area contributed by atoms with E-state index in [1.54, 1.807) is 19.1 Å². The topological polar surface area (TPSA) is 64.6 Å². The maximum absolute atomic E-state index is 12.7. The molecular formula is C16H22N2O4S. The minimum Gasteiger partial charge on any atom is -0.497 e. The SMILES string of the molecule is COC(=O)c1cc(OC)cc(C)c1NC(=O)C1([N+](C)(C)[S-])CC1. The van der Waals surface area contributed by atoms with E-state index in [1.165, 1.54) is 14.2 Å². The zero-order valence-corrected chi connectivity index (χ0v) is 14.9. The number of esters is 1. The predicted molar refractivity (Wildman–Crippen MR) is 89.1 cm³/mol. The van der Waals surface area contributed by atoms with E-state index in [9.17, 15) is 9.59 Å². The summed E-state index contributed by atoms with van der Waals surface area (Å²) in [7, 11) is 6.47. The van der Waals surface area contributed by atoms with Crippen LogP contribution in [0.25, 0.3) is 0 Å². The molecule has 1 aromatic carbocycles. The Balaban J connectivity index is 2.40. The molecule has 1 amide bonds. The third kappa shape index (κ3) is 3.16.